The maximum atomic E-state index is 2.41. The zero-order valence-corrected chi connectivity index (χ0v) is 33.7. The van der Waals surface area contributed by atoms with E-state index in [2.05, 4.69) is 241 Å². The third-order valence-corrected chi connectivity index (χ3v) is 12.8. The summed E-state index contributed by atoms with van der Waals surface area (Å²) in [6.07, 6.45) is 0. The Kier molecular flexibility index (Phi) is 9.11. The summed E-state index contributed by atoms with van der Waals surface area (Å²) in [5.74, 6) is 0. The minimum atomic E-state index is 1.10. The summed E-state index contributed by atoms with van der Waals surface area (Å²) in [6.45, 7) is 0. The van der Waals surface area contributed by atoms with Crippen molar-refractivity contribution in [3.8, 4) is 55.6 Å². The van der Waals surface area contributed by atoms with Gasteiger partial charge in [-0.25, -0.2) is 0 Å². The van der Waals surface area contributed by atoms with Gasteiger partial charge in [0.05, 0.1) is 0 Å². The van der Waals surface area contributed by atoms with Crippen LogP contribution in [-0.2, 0) is 0 Å². The van der Waals surface area contributed by atoms with Crippen molar-refractivity contribution in [1.82, 2.24) is 0 Å². The fourth-order valence-electron chi connectivity index (χ4n) is 8.90. The van der Waals surface area contributed by atoms with Crippen LogP contribution in [-0.4, -0.2) is 0 Å². The molecular formula is C58H39NS. The fourth-order valence-corrected chi connectivity index (χ4v) is 10.0. The molecule has 0 aliphatic carbocycles. The number of anilines is 3. The highest BCUT2D eigenvalue weighted by atomic mass is 32.1. The van der Waals surface area contributed by atoms with Crippen molar-refractivity contribution in [1.29, 1.82) is 0 Å². The topological polar surface area (TPSA) is 3.24 Å². The molecule has 0 saturated heterocycles. The molecule has 0 spiro atoms. The van der Waals surface area contributed by atoms with E-state index in [1.807, 2.05) is 11.3 Å². The van der Waals surface area contributed by atoms with E-state index in [1.165, 1.54) is 86.6 Å². The molecule has 1 aromatic heterocycles. The predicted molar refractivity (Wildman–Crippen MR) is 259 cm³/mol. The van der Waals surface area contributed by atoms with Crippen LogP contribution in [0, 0.1) is 0 Å². The van der Waals surface area contributed by atoms with Gasteiger partial charge >= 0.3 is 0 Å². The van der Waals surface area contributed by atoms with Crippen LogP contribution in [0.2, 0.25) is 0 Å². The Bertz CT molecular complexity index is 3300. The number of hydrogen-bond donors (Lipinski definition) is 0. The highest BCUT2D eigenvalue weighted by molar-refractivity contribution is 7.25. The van der Waals surface area contributed by atoms with Crippen molar-refractivity contribution in [2.75, 3.05) is 4.90 Å². The highest BCUT2D eigenvalue weighted by Crippen LogP contribution is 2.44. The Labute approximate surface area is 354 Å². The van der Waals surface area contributed by atoms with E-state index in [4.69, 9.17) is 0 Å². The van der Waals surface area contributed by atoms with Crippen molar-refractivity contribution >= 4 is 59.3 Å². The van der Waals surface area contributed by atoms with Crippen LogP contribution in [0.5, 0.6) is 0 Å². The quantitative estimate of drug-likeness (QED) is 0.148. The first-order chi connectivity index (χ1) is 29.8. The van der Waals surface area contributed by atoms with Crippen LogP contribution in [0.4, 0.5) is 17.1 Å². The summed E-state index contributed by atoms with van der Waals surface area (Å²) in [5, 5.41) is 5.09. The second kappa shape index (κ2) is 15.3. The number of benzene rings is 10. The molecule has 0 amide bonds. The maximum absolute atomic E-state index is 2.41. The van der Waals surface area contributed by atoms with Gasteiger partial charge in [0, 0.05) is 37.2 Å². The second-order valence-electron chi connectivity index (χ2n) is 15.2. The summed E-state index contributed by atoms with van der Waals surface area (Å²) in [7, 11) is 0. The van der Waals surface area contributed by atoms with Gasteiger partial charge in [-0.1, -0.05) is 194 Å². The standard InChI is InChI=1S/C58H39NS/c1-3-16-40(17-4-1)48-24-7-9-26-52(48)53-27-10-8-25-49(53)42-32-34-45(35-33-42)59(47-36-37-55-54-28-11-12-31-56(54)60-57(55)39-47)46-23-13-22-44(38-46)51-30-15-21-43-20-14-29-50(58(43)51)41-18-5-2-6-19-41/h1-39H. The molecule has 1 nitrogen and oxygen atoms in total. The number of nitrogens with zero attached hydrogens (tertiary/aromatic N) is 1. The van der Waals surface area contributed by atoms with E-state index in [9.17, 15) is 0 Å². The van der Waals surface area contributed by atoms with E-state index >= 15 is 0 Å². The lowest BCUT2D eigenvalue weighted by Crippen LogP contribution is -2.10. The van der Waals surface area contributed by atoms with Gasteiger partial charge in [0.15, 0.2) is 0 Å². The Morgan fingerprint density at radius 1 is 0.267 bits per heavy atom. The lowest BCUT2D eigenvalue weighted by Gasteiger charge is -2.26. The Morgan fingerprint density at radius 2 is 0.733 bits per heavy atom. The van der Waals surface area contributed by atoms with Crippen LogP contribution in [0.25, 0.3) is 86.6 Å². The zero-order valence-electron chi connectivity index (χ0n) is 32.9. The lowest BCUT2D eigenvalue weighted by atomic mass is 9.89. The van der Waals surface area contributed by atoms with E-state index in [0.717, 1.165) is 17.1 Å². The molecule has 10 aromatic carbocycles. The Morgan fingerprint density at radius 3 is 1.42 bits per heavy atom. The normalized spacial score (nSPS) is 11.3. The van der Waals surface area contributed by atoms with E-state index < -0.39 is 0 Å². The first-order valence-corrected chi connectivity index (χ1v) is 21.3. The van der Waals surface area contributed by atoms with Crippen LogP contribution in [0.1, 0.15) is 0 Å². The van der Waals surface area contributed by atoms with Crippen molar-refractivity contribution in [2.24, 2.45) is 0 Å². The summed E-state index contributed by atoms with van der Waals surface area (Å²) in [5.41, 5.74) is 15.4. The molecule has 0 N–H and O–H groups in total. The molecule has 0 fully saturated rings. The minimum Gasteiger partial charge on any atom is -0.310 e. The summed E-state index contributed by atoms with van der Waals surface area (Å²) < 4.78 is 2.58. The monoisotopic (exact) mass is 781 g/mol. The molecule has 282 valence electrons. The van der Waals surface area contributed by atoms with Crippen LogP contribution < -0.4 is 4.90 Å². The first kappa shape index (κ1) is 35.6. The molecule has 0 saturated carbocycles. The number of thiophene rings is 1. The Hall–Kier alpha value is -7.52. The number of rotatable bonds is 8. The molecule has 0 bridgehead atoms. The summed E-state index contributed by atoms with van der Waals surface area (Å²) in [4.78, 5) is 2.41. The van der Waals surface area contributed by atoms with Crippen LogP contribution in [0.15, 0.2) is 237 Å². The van der Waals surface area contributed by atoms with Gasteiger partial charge in [-0.3, -0.25) is 0 Å². The first-order valence-electron chi connectivity index (χ1n) is 20.5. The largest absolute Gasteiger partial charge is 0.310 e. The SMILES string of the molecule is c1ccc(-c2ccccc2-c2ccccc2-c2ccc(N(c3cccc(-c4cccc5cccc(-c6ccccc6)c45)c3)c3ccc4c(c3)sc3ccccc34)cc2)cc1. The lowest BCUT2D eigenvalue weighted by molar-refractivity contribution is 1.29. The molecule has 2 heteroatoms. The average Bonchev–Trinajstić information content (AvgIpc) is 3.70. The van der Waals surface area contributed by atoms with Crippen LogP contribution >= 0.6 is 11.3 Å². The number of hydrogen-bond acceptors (Lipinski definition) is 2. The molecular weight excluding hydrogens is 743 g/mol. The van der Waals surface area contributed by atoms with Gasteiger partial charge in [-0.15, -0.1) is 11.3 Å². The van der Waals surface area contributed by atoms with Gasteiger partial charge in [0.2, 0.25) is 0 Å². The van der Waals surface area contributed by atoms with E-state index in [0.29, 0.717) is 0 Å². The predicted octanol–water partition coefficient (Wildman–Crippen LogP) is 17.0. The maximum Gasteiger partial charge on any atom is 0.0476 e. The smallest absolute Gasteiger partial charge is 0.0476 e. The van der Waals surface area contributed by atoms with Crippen molar-refractivity contribution in [2.45, 2.75) is 0 Å². The van der Waals surface area contributed by atoms with E-state index in [-0.39, 0.29) is 0 Å². The average molecular weight is 782 g/mol. The van der Waals surface area contributed by atoms with Gasteiger partial charge in [0.1, 0.15) is 0 Å². The molecule has 11 rings (SSSR count). The van der Waals surface area contributed by atoms with Gasteiger partial charge in [0.25, 0.3) is 0 Å². The second-order valence-corrected chi connectivity index (χ2v) is 16.3. The number of fused-ring (bicyclic) bond motifs is 4. The third-order valence-electron chi connectivity index (χ3n) is 11.7. The van der Waals surface area contributed by atoms with Gasteiger partial charge in [-0.05, 0) is 109 Å². The van der Waals surface area contributed by atoms with Crippen molar-refractivity contribution < 1.29 is 0 Å². The molecule has 60 heavy (non-hydrogen) atoms. The zero-order chi connectivity index (χ0) is 39.8. The minimum absolute atomic E-state index is 1.10. The highest BCUT2D eigenvalue weighted by Gasteiger charge is 2.18. The van der Waals surface area contributed by atoms with Gasteiger partial charge in [-0.2, -0.15) is 0 Å². The van der Waals surface area contributed by atoms with Crippen molar-refractivity contribution in [3.63, 3.8) is 0 Å². The molecule has 0 aliphatic rings. The van der Waals surface area contributed by atoms with E-state index in [1.54, 1.807) is 0 Å². The molecule has 0 atom stereocenters. The fraction of sp³-hybridized carbons (Fsp3) is 0. The Balaban J connectivity index is 1.05. The molecule has 1 heterocycles. The summed E-state index contributed by atoms with van der Waals surface area (Å²) >= 11 is 1.86. The van der Waals surface area contributed by atoms with Crippen molar-refractivity contribution in [3.05, 3.63) is 237 Å². The molecule has 0 radical (unpaired) electrons. The molecule has 0 unspecified atom stereocenters. The summed E-state index contributed by atoms with van der Waals surface area (Å²) in [6, 6.07) is 86.1. The molecule has 11 aromatic rings. The van der Waals surface area contributed by atoms with Gasteiger partial charge < -0.3 is 4.90 Å². The molecule has 0 aliphatic heterocycles. The third kappa shape index (κ3) is 6.44. The van der Waals surface area contributed by atoms with Crippen LogP contribution in [0.3, 0.4) is 0 Å².